The van der Waals surface area contributed by atoms with Crippen molar-refractivity contribution in [1.29, 1.82) is 0 Å². The lowest BCUT2D eigenvalue weighted by Crippen LogP contribution is -2.40. The molecule has 0 unspecified atom stereocenters. The van der Waals surface area contributed by atoms with Gasteiger partial charge >= 0.3 is 0 Å². The van der Waals surface area contributed by atoms with E-state index in [1.165, 1.54) is 0 Å². The molecule has 0 bridgehead atoms. The third-order valence-electron chi connectivity index (χ3n) is 3.72. The van der Waals surface area contributed by atoms with Crippen molar-refractivity contribution in [2.75, 3.05) is 33.4 Å². The van der Waals surface area contributed by atoms with Crippen LogP contribution in [0.15, 0.2) is 30.3 Å². The van der Waals surface area contributed by atoms with E-state index in [2.05, 4.69) is 5.10 Å². The van der Waals surface area contributed by atoms with Gasteiger partial charge in [-0.2, -0.15) is 5.10 Å². The first kappa shape index (κ1) is 14.6. The number of carbonyl (C=O) groups is 1. The van der Waals surface area contributed by atoms with Crippen molar-refractivity contribution >= 4 is 5.91 Å². The number of benzene rings is 1. The monoisotopic (exact) mass is 301 g/mol. The number of aryl methyl sites for hydroxylation is 1. The summed E-state index contributed by atoms with van der Waals surface area (Å²) in [5.41, 5.74) is 2.29. The number of methoxy groups -OCH3 is 1. The van der Waals surface area contributed by atoms with E-state index < -0.39 is 0 Å². The van der Waals surface area contributed by atoms with Gasteiger partial charge < -0.3 is 14.4 Å². The van der Waals surface area contributed by atoms with Crippen LogP contribution in [-0.4, -0.2) is 54.0 Å². The van der Waals surface area contributed by atoms with Crippen LogP contribution in [0.2, 0.25) is 0 Å². The number of ether oxygens (including phenoxy) is 2. The summed E-state index contributed by atoms with van der Waals surface area (Å²) in [6, 6.07) is 9.41. The number of nitrogens with zero attached hydrogens (tertiary/aromatic N) is 3. The zero-order valence-electron chi connectivity index (χ0n) is 12.8. The van der Waals surface area contributed by atoms with Crippen molar-refractivity contribution < 1.29 is 14.3 Å². The van der Waals surface area contributed by atoms with Gasteiger partial charge in [-0.05, 0) is 37.3 Å². The maximum atomic E-state index is 12.5. The Labute approximate surface area is 129 Å². The molecule has 1 aromatic heterocycles. The molecule has 0 spiro atoms. The smallest absolute Gasteiger partial charge is 0.274 e. The summed E-state index contributed by atoms with van der Waals surface area (Å²) < 4.78 is 12.2. The SMILES string of the molecule is COc1ccc(-n2nc(C(=O)N3CCOCC3)cc2C)cc1. The Balaban J connectivity index is 1.84. The highest BCUT2D eigenvalue weighted by Crippen LogP contribution is 2.17. The molecule has 1 fully saturated rings. The first-order chi connectivity index (χ1) is 10.7. The summed E-state index contributed by atoms with van der Waals surface area (Å²) in [5, 5.41) is 4.45. The van der Waals surface area contributed by atoms with Gasteiger partial charge in [0.05, 0.1) is 26.0 Å². The summed E-state index contributed by atoms with van der Waals surface area (Å²) >= 11 is 0. The topological polar surface area (TPSA) is 56.6 Å². The van der Waals surface area contributed by atoms with Crippen LogP contribution in [0.3, 0.4) is 0 Å². The number of morpholine rings is 1. The lowest BCUT2D eigenvalue weighted by atomic mass is 10.3. The molecular weight excluding hydrogens is 282 g/mol. The largest absolute Gasteiger partial charge is 0.497 e. The fourth-order valence-electron chi connectivity index (χ4n) is 2.49. The fourth-order valence-corrected chi connectivity index (χ4v) is 2.49. The van der Waals surface area contributed by atoms with Gasteiger partial charge in [0.2, 0.25) is 0 Å². The quantitative estimate of drug-likeness (QED) is 0.865. The van der Waals surface area contributed by atoms with E-state index in [4.69, 9.17) is 9.47 Å². The van der Waals surface area contributed by atoms with Crippen LogP contribution in [0.5, 0.6) is 5.75 Å². The average molecular weight is 301 g/mol. The van der Waals surface area contributed by atoms with E-state index >= 15 is 0 Å². The minimum atomic E-state index is -0.0429. The maximum Gasteiger partial charge on any atom is 0.274 e. The van der Waals surface area contributed by atoms with Crippen LogP contribution in [-0.2, 0) is 4.74 Å². The minimum absolute atomic E-state index is 0.0429. The highest BCUT2D eigenvalue weighted by atomic mass is 16.5. The summed E-state index contributed by atoms with van der Waals surface area (Å²) in [6.45, 7) is 4.35. The van der Waals surface area contributed by atoms with E-state index in [0.717, 1.165) is 17.1 Å². The van der Waals surface area contributed by atoms with Crippen molar-refractivity contribution in [3.05, 3.63) is 41.7 Å². The zero-order chi connectivity index (χ0) is 15.5. The Morgan fingerprint density at radius 3 is 2.55 bits per heavy atom. The Hall–Kier alpha value is -2.34. The van der Waals surface area contributed by atoms with Gasteiger partial charge in [0.1, 0.15) is 5.75 Å². The molecule has 1 saturated heterocycles. The van der Waals surface area contributed by atoms with Crippen molar-refractivity contribution in [3.63, 3.8) is 0 Å². The predicted molar refractivity (Wildman–Crippen MR) is 81.6 cm³/mol. The van der Waals surface area contributed by atoms with Crippen molar-refractivity contribution in [2.45, 2.75) is 6.92 Å². The number of hydrogen-bond donors (Lipinski definition) is 0. The van der Waals surface area contributed by atoms with Crippen LogP contribution >= 0.6 is 0 Å². The Morgan fingerprint density at radius 1 is 1.23 bits per heavy atom. The predicted octanol–water partition coefficient (Wildman–Crippen LogP) is 1.66. The normalized spacial score (nSPS) is 14.9. The maximum absolute atomic E-state index is 12.5. The average Bonchev–Trinajstić information content (AvgIpc) is 2.97. The molecule has 0 N–H and O–H groups in total. The molecule has 22 heavy (non-hydrogen) atoms. The third-order valence-corrected chi connectivity index (χ3v) is 3.72. The van der Waals surface area contributed by atoms with Gasteiger partial charge in [-0.15, -0.1) is 0 Å². The van der Waals surface area contributed by atoms with E-state index in [1.807, 2.05) is 37.3 Å². The van der Waals surface area contributed by atoms with E-state index in [9.17, 15) is 4.79 Å². The molecule has 6 heteroatoms. The zero-order valence-corrected chi connectivity index (χ0v) is 12.8. The molecule has 1 aromatic carbocycles. The molecule has 1 aliphatic heterocycles. The summed E-state index contributed by atoms with van der Waals surface area (Å²) in [4.78, 5) is 14.3. The molecule has 0 atom stereocenters. The number of aromatic nitrogens is 2. The second kappa shape index (κ2) is 6.19. The van der Waals surface area contributed by atoms with Crippen LogP contribution in [0, 0.1) is 6.92 Å². The molecular formula is C16H19N3O3. The van der Waals surface area contributed by atoms with Crippen LogP contribution in [0.1, 0.15) is 16.2 Å². The van der Waals surface area contributed by atoms with Gasteiger partial charge in [-0.25, -0.2) is 4.68 Å². The highest BCUT2D eigenvalue weighted by Gasteiger charge is 2.21. The first-order valence-corrected chi connectivity index (χ1v) is 7.27. The molecule has 116 valence electrons. The number of hydrogen-bond acceptors (Lipinski definition) is 4. The van der Waals surface area contributed by atoms with Crippen LogP contribution in [0.25, 0.3) is 5.69 Å². The molecule has 0 radical (unpaired) electrons. The molecule has 0 aliphatic carbocycles. The summed E-state index contributed by atoms with van der Waals surface area (Å²) in [6.07, 6.45) is 0. The van der Waals surface area contributed by atoms with E-state index in [-0.39, 0.29) is 5.91 Å². The minimum Gasteiger partial charge on any atom is -0.497 e. The van der Waals surface area contributed by atoms with Crippen molar-refractivity contribution in [3.8, 4) is 11.4 Å². The van der Waals surface area contributed by atoms with Crippen LogP contribution in [0.4, 0.5) is 0 Å². The second-order valence-electron chi connectivity index (χ2n) is 5.19. The van der Waals surface area contributed by atoms with E-state index in [1.54, 1.807) is 16.7 Å². The molecule has 2 aromatic rings. The van der Waals surface area contributed by atoms with Gasteiger partial charge in [0.25, 0.3) is 5.91 Å². The molecule has 0 saturated carbocycles. The molecule has 2 heterocycles. The standard InChI is InChI=1S/C16H19N3O3/c1-12-11-15(16(20)18-7-9-22-10-8-18)17-19(12)13-3-5-14(21-2)6-4-13/h3-6,11H,7-10H2,1-2H3. The first-order valence-electron chi connectivity index (χ1n) is 7.27. The fraction of sp³-hybridized carbons (Fsp3) is 0.375. The van der Waals surface area contributed by atoms with Gasteiger partial charge in [-0.3, -0.25) is 4.79 Å². The molecule has 3 rings (SSSR count). The Bertz CT molecular complexity index is 658. The van der Waals surface area contributed by atoms with Crippen molar-refractivity contribution in [1.82, 2.24) is 14.7 Å². The second-order valence-corrected chi connectivity index (χ2v) is 5.19. The Morgan fingerprint density at radius 2 is 1.91 bits per heavy atom. The van der Waals surface area contributed by atoms with Gasteiger partial charge in [-0.1, -0.05) is 0 Å². The molecule has 1 amide bonds. The summed E-state index contributed by atoms with van der Waals surface area (Å²) in [7, 11) is 1.63. The summed E-state index contributed by atoms with van der Waals surface area (Å²) in [5.74, 6) is 0.747. The van der Waals surface area contributed by atoms with Gasteiger partial charge in [0, 0.05) is 18.8 Å². The lowest BCUT2D eigenvalue weighted by molar-refractivity contribution is 0.0298. The Kier molecular flexibility index (Phi) is 4.11. The van der Waals surface area contributed by atoms with Crippen molar-refractivity contribution in [2.24, 2.45) is 0 Å². The van der Waals surface area contributed by atoms with E-state index in [0.29, 0.717) is 32.0 Å². The molecule has 6 nitrogen and oxygen atoms in total. The number of carbonyl (C=O) groups excluding carboxylic acids is 1. The highest BCUT2D eigenvalue weighted by molar-refractivity contribution is 5.92. The lowest BCUT2D eigenvalue weighted by Gasteiger charge is -2.25. The molecule has 1 aliphatic rings. The van der Waals surface area contributed by atoms with Crippen LogP contribution < -0.4 is 4.74 Å². The number of amides is 1. The third kappa shape index (κ3) is 2.82. The van der Waals surface area contributed by atoms with Gasteiger partial charge in [0.15, 0.2) is 5.69 Å². The number of rotatable bonds is 3.